The fourth-order valence-electron chi connectivity index (χ4n) is 3.69. The van der Waals surface area contributed by atoms with Crippen molar-refractivity contribution in [2.45, 2.75) is 40.3 Å². The lowest BCUT2D eigenvalue weighted by Crippen LogP contribution is -2.33. The Labute approximate surface area is 227 Å². The van der Waals surface area contributed by atoms with E-state index in [9.17, 15) is 15.1 Å². The van der Waals surface area contributed by atoms with Crippen molar-refractivity contribution in [1.29, 1.82) is 0 Å². The molecule has 0 aliphatic carbocycles. The van der Waals surface area contributed by atoms with Gasteiger partial charge in [-0.1, -0.05) is 83.0 Å². The lowest BCUT2D eigenvalue weighted by atomic mass is 10.0. The number of hydrogen-bond acceptors (Lipinski definition) is 6. The highest BCUT2D eigenvalue weighted by Crippen LogP contribution is 2.40. The molecule has 1 aliphatic heterocycles. The van der Waals surface area contributed by atoms with Gasteiger partial charge >= 0.3 is 0 Å². The summed E-state index contributed by atoms with van der Waals surface area (Å²) in [5, 5.41) is 24.6. The molecule has 2 heterocycles. The van der Waals surface area contributed by atoms with Gasteiger partial charge in [-0.05, 0) is 29.3 Å². The third-order valence-electron chi connectivity index (χ3n) is 5.49. The fraction of sp³-hybridized carbons (Fsp3) is 0.280. The number of alkyl halides is 3. The predicted molar refractivity (Wildman–Crippen MR) is 140 cm³/mol. The van der Waals surface area contributed by atoms with Crippen LogP contribution in [0.25, 0.3) is 0 Å². The second kappa shape index (κ2) is 12.0. The molecule has 1 aromatic heterocycles. The van der Waals surface area contributed by atoms with E-state index in [1.807, 2.05) is 36.4 Å². The van der Waals surface area contributed by atoms with Gasteiger partial charge < -0.3 is 25.1 Å². The Morgan fingerprint density at radius 2 is 1.86 bits per heavy atom. The van der Waals surface area contributed by atoms with Crippen molar-refractivity contribution >= 4 is 58.2 Å². The number of nitrogens with zero attached hydrogens (tertiary/aromatic N) is 1. The number of hydrogen-bond donors (Lipinski definition) is 2. The summed E-state index contributed by atoms with van der Waals surface area (Å²) in [7, 11) is 0. The number of aliphatic hydroxyl groups is 1. The Hall–Kier alpha value is -2.04. The molecule has 3 atom stereocenters. The Balaban J connectivity index is 1.56. The number of aliphatic hydroxyl groups excluding tert-OH is 1. The van der Waals surface area contributed by atoms with Crippen molar-refractivity contribution in [3.63, 3.8) is 0 Å². The summed E-state index contributed by atoms with van der Waals surface area (Å²) in [6.07, 6.45) is 0.745. The number of rotatable bonds is 7. The molecule has 0 unspecified atom stereocenters. The average Bonchev–Trinajstić information content (AvgIpc) is 2.88. The van der Waals surface area contributed by atoms with Crippen LogP contribution in [-0.2, 0) is 20.9 Å². The van der Waals surface area contributed by atoms with E-state index in [0.717, 1.165) is 15.9 Å². The first-order valence-corrected chi connectivity index (χ1v) is 13.1. The van der Waals surface area contributed by atoms with Crippen LogP contribution in [-0.4, -0.2) is 26.7 Å². The SMILES string of the molecule is O=C(Nc1cccc([C@H]2O[C@@H](CSc3cccc[n+]3[O-])C[C@@H](c3ccc(CO)cc3)O2)c1)C(Cl)(Cl)Cl. The molecule has 1 amide bonds. The molecule has 1 aliphatic rings. The second-order valence-corrected chi connectivity index (χ2v) is 11.4. The molecule has 3 aromatic rings. The van der Waals surface area contributed by atoms with Crippen LogP contribution < -0.4 is 10.0 Å². The Kier molecular flexibility index (Phi) is 9.00. The minimum absolute atomic E-state index is 0.0459. The van der Waals surface area contributed by atoms with Gasteiger partial charge in [0, 0.05) is 35.6 Å². The summed E-state index contributed by atoms with van der Waals surface area (Å²) in [5.41, 5.74) is 2.83. The van der Waals surface area contributed by atoms with Crippen molar-refractivity contribution in [2.75, 3.05) is 11.1 Å². The zero-order valence-corrected chi connectivity index (χ0v) is 21.9. The number of anilines is 1. The third-order valence-corrected chi connectivity index (χ3v) is 7.16. The number of pyridine rings is 1. The summed E-state index contributed by atoms with van der Waals surface area (Å²) < 4.78 is 11.3. The van der Waals surface area contributed by atoms with E-state index in [1.54, 1.807) is 30.3 Å². The van der Waals surface area contributed by atoms with Crippen LogP contribution in [0.3, 0.4) is 0 Å². The number of nitrogens with one attached hydrogen (secondary N) is 1. The maximum Gasteiger partial charge on any atom is 0.276 e. The molecule has 4 rings (SSSR count). The summed E-state index contributed by atoms with van der Waals surface area (Å²) in [4.78, 5) is 12.1. The second-order valence-electron chi connectivity index (χ2n) is 8.10. The largest absolute Gasteiger partial charge is 0.618 e. The number of carbonyl (C=O) groups excluding carboxylic acids is 1. The molecule has 1 saturated heterocycles. The topological polar surface area (TPSA) is 94.7 Å². The Bertz CT molecular complexity index is 1190. The average molecular weight is 570 g/mol. The molecule has 1 fully saturated rings. The highest BCUT2D eigenvalue weighted by atomic mass is 35.6. The molecule has 7 nitrogen and oxygen atoms in total. The molecular weight excluding hydrogens is 547 g/mol. The van der Waals surface area contributed by atoms with Crippen molar-refractivity contribution in [3.05, 3.63) is 94.8 Å². The first kappa shape index (κ1) is 27.0. The van der Waals surface area contributed by atoms with E-state index in [1.165, 1.54) is 18.0 Å². The quantitative estimate of drug-likeness (QED) is 0.170. The van der Waals surface area contributed by atoms with Gasteiger partial charge in [0.25, 0.3) is 14.7 Å². The van der Waals surface area contributed by atoms with Gasteiger partial charge in [-0.3, -0.25) is 4.79 Å². The number of thioether (sulfide) groups is 1. The van der Waals surface area contributed by atoms with Crippen LogP contribution in [0, 0.1) is 5.21 Å². The minimum Gasteiger partial charge on any atom is -0.618 e. The van der Waals surface area contributed by atoms with Crippen molar-refractivity contribution in [2.24, 2.45) is 0 Å². The van der Waals surface area contributed by atoms with Crippen molar-refractivity contribution < 1.29 is 24.1 Å². The van der Waals surface area contributed by atoms with E-state index in [0.29, 0.717) is 28.5 Å². The zero-order valence-electron chi connectivity index (χ0n) is 18.9. The third kappa shape index (κ3) is 7.04. The summed E-state index contributed by atoms with van der Waals surface area (Å²) in [5.74, 6) is -0.249. The van der Waals surface area contributed by atoms with Gasteiger partial charge in [-0.15, -0.1) is 0 Å². The molecule has 0 bridgehead atoms. The molecule has 0 saturated carbocycles. The minimum atomic E-state index is -2.10. The standard InChI is InChI=1S/C25H23Cl3N2O5S/c26-25(27,28)24(32)29-19-5-3-4-18(12-19)23-34-20(15-36-22-6-1-2-11-30(22)33)13-21(35-23)17-9-7-16(14-31)8-10-17/h1-12,20-21,23,31H,13-15H2,(H,29,32)/t20-,21+,23+/m1/s1. The van der Waals surface area contributed by atoms with Gasteiger partial charge in [0.15, 0.2) is 12.5 Å². The lowest BCUT2D eigenvalue weighted by Gasteiger charge is -2.36. The Morgan fingerprint density at radius 1 is 1.08 bits per heavy atom. The number of carbonyl (C=O) groups is 1. The van der Waals surface area contributed by atoms with E-state index < -0.39 is 16.0 Å². The molecule has 36 heavy (non-hydrogen) atoms. The summed E-state index contributed by atoms with van der Waals surface area (Å²) >= 11 is 18.4. The molecule has 0 spiro atoms. The van der Waals surface area contributed by atoms with Crippen LogP contribution in [0.15, 0.2) is 78.0 Å². The van der Waals surface area contributed by atoms with E-state index in [4.69, 9.17) is 44.3 Å². The van der Waals surface area contributed by atoms with Crippen LogP contribution in [0.5, 0.6) is 0 Å². The predicted octanol–water partition coefficient (Wildman–Crippen LogP) is 5.46. The van der Waals surface area contributed by atoms with Gasteiger partial charge in [0.2, 0.25) is 0 Å². The van der Waals surface area contributed by atoms with Crippen LogP contribution in [0.1, 0.15) is 35.5 Å². The molecule has 190 valence electrons. The van der Waals surface area contributed by atoms with Gasteiger partial charge in [0.05, 0.1) is 18.8 Å². The van der Waals surface area contributed by atoms with Gasteiger partial charge in [0.1, 0.15) is 0 Å². The lowest BCUT2D eigenvalue weighted by molar-refractivity contribution is -0.645. The summed E-state index contributed by atoms with van der Waals surface area (Å²) in [6, 6.07) is 19.7. The van der Waals surface area contributed by atoms with Gasteiger partial charge in [-0.2, -0.15) is 4.73 Å². The van der Waals surface area contributed by atoms with Gasteiger partial charge in [-0.25, -0.2) is 0 Å². The fourth-order valence-corrected chi connectivity index (χ4v) is 4.77. The molecule has 0 radical (unpaired) electrons. The zero-order chi connectivity index (χ0) is 25.7. The molecular formula is C25H23Cl3N2O5S. The smallest absolute Gasteiger partial charge is 0.276 e. The van der Waals surface area contributed by atoms with Crippen LogP contribution >= 0.6 is 46.6 Å². The van der Waals surface area contributed by atoms with E-state index in [-0.39, 0.29) is 18.8 Å². The van der Waals surface area contributed by atoms with E-state index >= 15 is 0 Å². The number of benzene rings is 2. The Morgan fingerprint density at radius 3 is 2.56 bits per heavy atom. The highest BCUT2D eigenvalue weighted by Gasteiger charge is 2.34. The molecule has 2 N–H and O–H groups in total. The maximum atomic E-state index is 12.1. The van der Waals surface area contributed by atoms with Crippen LogP contribution in [0.2, 0.25) is 0 Å². The van der Waals surface area contributed by atoms with E-state index in [2.05, 4.69) is 5.32 Å². The first-order valence-electron chi connectivity index (χ1n) is 11.0. The number of amides is 1. The monoisotopic (exact) mass is 568 g/mol. The first-order chi connectivity index (χ1) is 17.2. The van der Waals surface area contributed by atoms with Crippen molar-refractivity contribution in [1.82, 2.24) is 0 Å². The highest BCUT2D eigenvalue weighted by molar-refractivity contribution is 7.99. The number of aromatic nitrogens is 1. The normalized spacial score (nSPS) is 20.2. The van der Waals surface area contributed by atoms with Crippen molar-refractivity contribution in [3.8, 4) is 0 Å². The molecule has 2 aromatic carbocycles. The number of ether oxygens (including phenoxy) is 2. The maximum absolute atomic E-state index is 12.1. The summed E-state index contributed by atoms with van der Waals surface area (Å²) in [6.45, 7) is -0.0459. The number of halogens is 3. The van der Waals surface area contributed by atoms with Crippen LogP contribution in [0.4, 0.5) is 5.69 Å². The molecule has 11 heteroatoms.